The van der Waals surface area contributed by atoms with Crippen LogP contribution in [0.1, 0.15) is 27.2 Å². The van der Waals surface area contributed by atoms with Crippen LogP contribution in [0.3, 0.4) is 0 Å². The molecule has 0 aliphatic carbocycles. The van der Waals surface area contributed by atoms with Gasteiger partial charge >= 0.3 is 0 Å². The van der Waals surface area contributed by atoms with Crippen LogP contribution < -0.4 is 11.1 Å². The van der Waals surface area contributed by atoms with Crippen molar-refractivity contribution in [2.24, 2.45) is 11.1 Å². The van der Waals surface area contributed by atoms with Crippen molar-refractivity contribution in [1.29, 1.82) is 0 Å². The Labute approximate surface area is 114 Å². The van der Waals surface area contributed by atoms with Crippen LogP contribution in [0.2, 0.25) is 0 Å². The fourth-order valence-electron chi connectivity index (χ4n) is 2.09. The fraction of sp³-hybridized carbons (Fsp3) is 0.467. The highest BCUT2D eigenvalue weighted by Crippen LogP contribution is 2.24. The van der Waals surface area contributed by atoms with E-state index in [4.69, 9.17) is 5.73 Å². The van der Waals surface area contributed by atoms with Crippen LogP contribution in [-0.4, -0.2) is 22.6 Å². The summed E-state index contributed by atoms with van der Waals surface area (Å²) in [7, 11) is 0. The van der Waals surface area contributed by atoms with Crippen molar-refractivity contribution < 1.29 is 0 Å². The molecule has 4 nitrogen and oxygen atoms in total. The van der Waals surface area contributed by atoms with E-state index in [-0.39, 0.29) is 11.5 Å². The topological polar surface area (TPSA) is 63.8 Å². The molecule has 0 bridgehead atoms. The number of hydrogen-bond donors (Lipinski definition) is 2. The minimum absolute atomic E-state index is 0.119. The van der Waals surface area contributed by atoms with Crippen LogP contribution in [0.4, 0.5) is 5.95 Å². The summed E-state index contributed by atoms with van der Waals surface area (Å²) in [5.41, 5.74) is 6.77. The lowest BCUT2D eigenvalue weighted by Crippen LogP contribution is -2.36. The zero-order chi connectivity index (χ0) is 13.9. The van der Waals surface area contributed by atoms with Crippen molar-refractivity contribution in [3.8, 4) is 0 Å². The molecule has 1 aromatic carbocycles. The van der Waals surface area contributed by atoms with Gasteiger partial charge in [-0.15, -0.1) is 0 Å². The van der Waals surface area contributed by atoms with Crippen molar-refractivity contribution in [1.82, 2.24) is 9.97 Å². The zero-order valence-corrected chi connectivity index (χ0v) is 11.9. The van der Waals surface area contributed by atoms with Gasteiger partial charge in [-0.2, -0.15) is 0 Å². The van der Waals surface area contributed by atoms with Crippen LogP contribution in [0.5, 0.6) is 0 Å². The Bertz CT molecular complexity index is 545. The Morgan fingerprint density at radius 1 is 1.26 bits per heavy atom. The summed E-state index contributed by atoms with van der Waals surface area (Å²) < 4.78 is 0. The second-order valence-electron chi connectivity index (χ2n) is 5.89. The van der Waals surface area contributed by atoms with Crippen LogP contribution in [0.25, 0.3) is 10.9 Å². The van der Waals surface area contributed by atoms with E-state index >= 15 is 0 Å². The number of aromatic nitrogens is 2. The molecule has 0 saturated heterocycles. The van der Waals surface area contributed by atoms with Gasteiger partial charge < -0.3 is 11.1 Å². The van der Waals surface area contributed by atoms with Gasteiger partial charge in [-0.1, -0.05) is 39.0 Å². The van der Waals surface area contributed by atoms with Gasteiger partial charge in [0.1, 0.15) is 0 Å². The summed E-state index contributed by atoms with van der Waals surface area (Å²) >= 11 is 0. The van der Waals surface area contributed by atoms with Crippen LogP contribution in [-0.2, 0) is 0 Å². The number of rotatable bonds is 4. The van der Waals surface area contributed by atoms with Crippen molar-refractivity contribution in [2.75, 3.05) is 11.9 Å². The summed E-state index contributed by atoms with van der Waals surface area (Å²) in [6.07, 6.45) is 2.76. The van der Waals surface area contributed by atoms with Crippen LogP contribution >= 0.6 is 0 Å². The molecule has 1 unspecified atom stereocenters. The molecule has 0 fully saturated rings. The van der Waals surface area contributed by atoms with E-state index in [1.165, 1.54) is 0 Å². The molecule has 0 spiro atoms. The second kappa shape index (κ2) is 5.53. The zero-order valence-electron chi connectivity index (χ0n) is 11.9. The fourth-order valence-corrected chi connectivity index (χ4v) is 2.09. The first-order chi connectivity index (χ1) is 9.00. The number of nitrogens with one attached hydrogen (secondary N) is 1. The molecule has 2 aromatic rings. The molecule has 0 radical (unpaired) electrons. The molecule has 0 aliphatic heterocycles. The smallest absolute Gasteiger partial charge is 0.223 e. The molecule has 4 heteroatoms. The normalized spacial score (nSPS) is 13.5. The minimum Gasteiger partial charge on any atom is -0.351 e. The predicted molar refractivity (Wildman–Crippen MR) is 80.1 cm³/mol. The van der Waals surface area contributed by atoms with E-state index < -0.39 is 0 Å². The molecule has 0 aliphatic rings. The number of nitrogens with two attached hydrogens (primary N) is 1. The van der Waals surface area contributed by atoms with Gasteiger partial charge in [0.25, 0.3) is 0 Å². The molecule has 19 heavy (non-hydrogen) atoms. The third-order valence-corrected chi connectivity index (χ3v) is 3.29. The first kappa shape index (κ1) is 13.7. The summed E-state index contributed by atoms with van der Waals surface area (Å²) in [6, 6.07) is 8.25. The molecule has 1 aromatic heterocycles. The van der Waals surface area contributed by atoms with Crippen molar-refractivity contribution in [3.05, 3.63) is 30.5 Å². The van der Waals surface area contributed by atoms with Crippen LogP contribution in [0, 0.1) is 5.41 Å². The first-order valence-electron chi connectivity index (χ1n) is 6.69. The first-order valence-corrected chi connectivity index (χ1v) is 6.69. The summed E-state index contributed by atoms with van der Waals surface area (Å²) in [5, 5.41) is 4.46. The number of hydrogen-bond acceptors (Lipinski definition) is 4. The Morgan fingerprint density at radius 2 is 2.00 bits per heavy atom. The van der Waals surface area contributed by atoms with Gasteiger partial charge in [0.15, 0.2) is 0 Å². The van der Waals surface area contributed by atoms with Crippen molar-refractivity contribution in [2.45, 2.75) is 33.2 Å². The minimum atomic E-state index is 0.119. The molecule has 1 heterocycles. The van der Waals surface area contributed by atoms with Crippen molar-refractivity contribution >= 4 is 16.9 Å². The maximum atomic E-state index is 5.69. The van der Waals surface area contributed by atoms with E-state index in [2.05, 4.69) is 36.1 Å². The average Bonchev–Trinajstić information content (AvgIpc) is 2.37. The second-order valence-corrected chi connectivity index (χ2v) is 5.89. The standard InChI is InChI=1S/C15H22N4/c1-15(2,3)13(8-9-16)19-14-17-10-11-6-4-5-7-12(11)18-14/h4-7,10,13H,8-9,16H2,1-3H3,(H,17,18,19). The quantitative estimate of drug-likeness (QED) is 0.885. The number of nitrogens with zero attached hydrogens (tertiary/aromatic N) is 2. The maximum absolute atomic E-state index is 5.69. The molecule has 0 amide bonds. The maximum Gasteiger partial charge on any atom is 0.223 e. The Balaban J connectivity index is 2.23. The predicted octanol–water partition coefficient (Wildman–Crippen LogP) is 2.81. The highest BCUT2D eigenvalue weighted by molar-refractivity contribution is 5.78. The van der Waals surface area contributed by atoms with Gasteiger partial charge in [-0.3, -0.25) is 0 Å². The lowest BCUT2D eigenvalue weighted by molar-refractivity contribution is 0.327. The largest absolute Gasteiger partial charge is 0.351 e. The summed E-state index contributed by atoms with van der Waals surface area (Å²) in [4.78, 5) is 8.93. The van der Waals surface area contributed by atoms with Gasteiger partial charge in [0, 0.05) is 17.6 Å². The molecule has 102 valence electrons. The van der Waals surface area contributed by atoms with E-state index in [9.17, 15) is 0 Å². The lowest BCUT2D eigenvalue weighted by atomic mass is 9.85. The number of para-hydroxylation sites is 1. The van der Waals surface area contributed by atoms with E-state index in [0.29, 0.717) is 12.5 Å². The van der Waals surface area contributed by atoms with Gasteiger partial charge in [-0.05, 0) is 24.4 Å². The van der Waals surface area contributed by atoms with E-state index in [0.717, 1.165) is 17.3 Å². The number of benzene rings is 1. The number of anilines is 1. The molecule has 2 rings (SSSR count). The molecule has 0 saturated carbocycles. The summed E-state index contributed by atoms with van der Waals surface area (Å²) in [5.74, 6) is 0.673. The SMILES string of the molecule is CC(C)(C)C(CCN)Nc1ncc2ccccc2n1. The van der Waals surface area contributed by atoms with Gasteiger partial charge in [0.2, 0.25) is 5.95 Å². The molecule has 1 atom stereocenters. The highest BCUT2D eigenvalue weighted by atomic mass is 15.1. The molecular weight excluding hydrogens is 236 g/mol. The Hall–Kier alpha value is -1.68. The van der Waals surface area contributed by atoms with E-state index in [1.807, 2.05) is 30.5 Å². The van der Waals surface area contributed by atoms with Crippen molar-refractivity contribution in [3.63, 3.8) is 0 Å². The Morgan fingerprint density at radius 3 is 2.68 bits per heavy atom. The van der Waals surface area contributed by atoms with Gasteiger partial charge in [0.05, 0.1) is 5.52 Å². The third kappa shape index (κ3) is 3.41. The molecular formula is C15H22N4. The third-order valence-electron chi connectivity index (χ3n) is 3.29. The lowest BCUT2D eigenvalue weighted by Gasteiger charge is -2.31. The van der Waals surface area contributed by atoms with E-state index in [1.54, 1.807) is 0 Å². The monoisotopic (exact) mass is 258 g/mol. The molecule has 3 N–H and O–H groups in total. The summed E-state index contributed by atoms with van der Waals surface area (Å²) in [6.45, 7) is 7.24. The Kier molecular flexibility index (Phi) is 4.00. The average molecular weight is 258 g/mol. The van der Waals surface area contributed by atoms with Gasteiger partial charge in [-0.25, -0.2) is 9.97 Å². The van der Waals surface area contributed by atoms with Crippen LogP contribution in [0.15, 0.2) is 30.5 Å². The highest BCUT2D eigenvalue weighted by Gasteiger charge is 2.24. The number of fused-ring (bicyclic) bond motifs is 1.